The Hall–Kier alpha value is -1.69. The van der Waals surface area contributed by atoms with Crippen molar-refractivity contribution in [1.82, 2.24) is 9.55 Å². The first kappa shape index (κ1) is 12.3. The lowest BCUT2D eigenvalue weighted by molar-refractivity contribution is -0.118. The zero-order chi connectivity index (χ0) is 13.6. The van der Waals surface area contributed by atoms with Crippen molar-refractivity contribution in [2.75, 3.05) is 0 Å². The minimum absolute atomic E-state index is 0.0990. The predicted molar refractivity (Wildman–Crippen MR) is 74.5 cm³/mol. The number of hydrogen-bond acceptors (Lipinski definition) is 4. The van der Waals surface area contributed by atoms with Gasteiger partial charge < -0.3 is 5.73 Å². The van der Waals surface area contributed by atoms with Crippen LogP contribution in [0.4, 0.5) is 0 Å². The zero-order valence-corrected chi connectivity index (χ0v) is 11.5. The molecule has 0 aromatic carbocycles. The molecule has 0 spiro atoms. The van der Waals surface area contributed by atoms with Gasteiger partial charge in [-0.05, 0) is 38.2 Å². The van der Waals surface area contributed by atoms with E-state index in [-0.39, 0.29) is 12.1 Å². The molecule has 0 bridgehead atoms. The van der Waals surface area contributed by atoms with Gasteiger partial charge in [-0.1, -0.05) is 0 Å². The summed E-state index contributed by atoms with van der Waals surface area (Å²) in [6.45, 7) is 1.64. The van der Waals surface area contributed by atoms with Gasteiger partial charge in [0.25, 0.3) is 5.56 Å². The van der Waals surface area contributed by atoms with Gasteiger partial charge in [0.15, 0.2) is 0 Å². The molecule has 2 aromatic rings. The number of rotatable bonds is 2. The summed E-state index contributed by atoms with van der Waals surface area (Å²) in [5.74, 6) is 0.0327. The van der Waals surface area contributed by atoms with E-state index in [1.807, 2.05) is 0 Å². The van der Waals surface area contributed by atoms with Crippen LogP contribution in [-0.2, 0) is 24.2 Å². The van der Waals surface area contributed by atoms with Crippen LogP contribution >= 0.6 is 11.3 Å². The van der Waals surface area contributed by atoms with E-state index in [1.54, 1.807) is 18.3 Å². The number of aryl methyl sites for hydroxylation is 3. The van der Waals surface area contributed by atoms with Gasteiger partial charge in [-0.25, -0.2) is 4.98 Å². The first-order chi connectivity index (χ1) is 9.08. The SMILES string of the molecule is Cc1nc2sc3c(c2c(=O)n1CC(N)=O)CCCC3. The highest BCUT2D eigenvalue weighted by molar-refractivity contribution is 7.18. The Kier molecular flexibility index (Phi) is 2.89. The number of carbonyl (C=O) groups excluding carboxylic acids is 1. The molecule has 0 atom stereocenters. The second-order valence-corrected chi connectivity index (χ2v) is 5.99. The first-order valence-corrected chi connectivity index (χ1v) is 7.19. The standard InChI is InChI=1S/C13H15N3O2S/c1-7-15-12-11(13(18)16(7)6-10(14)17)8-4-2-3-5-9(8)19-12/h2-6H2,1H3,(H2,14,17). The topological polar surface area (TPSA) is 78.0 Å². The average molecular weight is 277 g/mol. The summed E-state index contributed by atoms with van der Waals surface area (Å²) in [6, 6.07) is 0. The molecule has 0 fully saturated rings. The number of aromatic nitrogens is 2. The van der Waals surface area contributed by atoms with Crippen molar-refractivity contribution >= 4 is 27.5 Å². The Balaban J connectivity index is 2.30. The summed E-state index contributed by atoms with van der Waals surface area (Å²) in [4.78, 5) is 30.2. The molecule has 1 aliphatic rings. The largest absolute Gasteiger partial charge is 0.368 e. The minimum Gasteiger partial charge on any atom is -0.368 e. The van der Waals surface area contributed by atoms with Crippen molar-refractivity contribution in [2.24, 2.45) is 5.73 Å². The third kappa shape index (κ3) is 1.96. The van der Waals surface area contributed by atoms with Gasteiger partial charge in [-0.15, -0.1) is 11.3 Å². The maximum Gasteiger partial charge on any atom is 0.263 e. The molecule has 2 aromatic heterocycles. The van der Waals surface area contributed by atoms with E-state index in [0.717, 1.165) is 29.7 Å². The Morgan fingerprint density at radius 2 is 2.16 bits per heavy atom. The van der Waals surface area contributed by atoms with Crippen LogP contribution in [0.5, 0.6) is 0 Å². The van der Waals surface area contributed by atoms with Gasteiger partial charge in [-0.3, -0.25) is 14.2 Å². The summed E-state index contributed by atoms with van der Waals surface area (Å²) in [5.41, 5.74) is 6.21. The van der Waals surface area contributed by atoms with E-state index in [0.29, 0.717) is 11.2 Å². The summed E-state index contributed by atoms with van der Waals surface area (Å²) in [6.07, 6.45) is 4.26. The van der Waals surface area contributed by atoms with Crippen molar-refractivity contribution in [3.05, 3.63) is 26.6 Å². The number of fused-ring (bicyclic) bond motifs is 3. The fraction of sp³-hybridized carbons (Fsp3) is 0.462. The first-order valence-electron chi connectivity index (χ1n) is 6.38. The Bertz CT molecular complexity index is 730. The average Bonchev–Trinajstić information content (AvgIpc) is 2.72. The molecule has 0 radical (unpaired) electrons. The van der Waals surface area contributed by atoms with Gasteiger partial charge >= 0.3 is 0 Å². The van der Waals surface area contributed by atoms with Crippen molar-refractivity contribution < 1.29 is 4.79 Å². The van der Waals surface area contributed by atoms with Crippen LogP contribution < -0.4 is 11.3 Å². The maximum absolute atomic E-state index is 12.5. The van der Waals surface area contributed by atoms with Gasteiger partial charge in [0.2, 0.25) is 5.91 Å². The number of thiophene rings is 1. The molecule has 0 aliphatic heterocycles. The summed E-state index contributed by atoms with van der Waals surface area (Å²) in [7, 11) is 0. The number of carbonyl (C=O) groups is 1. The van der Waals surface area contributed by atoms with Crippen LogP contribution in [0.3, 0.4) is 0 Å². The minimum atomic E-state index is -0.518. The third-order valence-electron chi connectivity index (χ3n) is 3.58. The van der Waals surface area contributed by atoms with E-state index < -0.39 is 5.91 Å². The smallest absolute Gasteiger partial charge is 0.263 e. The van der Waals surface area contributed by atoms with E-state index >= 15 is 0 Å². The van der Waals surface area contributed by atoms with Crippen molar-refractivity contribution in [3.63, 3.8) is 0 Å². The highest BCUT2D eigenvalue weighted by atomic mass is 32.1. The Morgan fingerprint density at radius 3 is 2.89 bits per heavy atom. The molecule has 2 N–H and O–H groups in total. The van der Waals surface area contributed by atoms with Gasteiger partial charge in [0, 0.05) is 4.88 Å². The highest BCUT2D eigenvalue weighted by Gasteiger charge is 2.21. The highest BCUT2D eigenvalue weighted by Crippen LogP contribution is 2.33. The number of amides is 1. The number of nitrogens with two attached hydrogens (primary N) is 1. The fourth-order valence-corrected chi connectivity index (χ4v) is 3.98. The van der Waals surface area contributed by atoms with Crippen LogP contribution in [0.25, 0.3) is 10.2 Å². The fourth-order valence-electron chi connectivity index (χ4n) is 2.68. The van der Waals surface area contributed by atoms with E-state index in [9.17, 15) is 9.59 Å². The molecule has 5 nitrogen and oxygen atoms in total. The number of hydrogen-bond donors (Lipinski definition) is 1. The quantitative estimate of drug-likeness (QED) is 0.893. The van der Waals surface area contributed by atoms with Crippen molar-refractivity contribution in [1.29, 1.82) is 0 Å². The van der Waals surface area contributed by atoms with Gasteiger partial charge in [0.05, 0.1) is 5.39 Å². The molecule has 0 saturated carbocycles. The molecule has 0 saturated heterocycles. The monoisotopic (exact) mass is 277 g/mol. The lowest BCUT2D eigenvalue weighted by Gasteiger charge is -2.11. The molecular weight excluding hydrogens is 262 g/mol. The Morgan fingerprint density at radius 1 is 1.42 bits per heavy atom. The van der Waals surface area contributed by atoms with E-state index in [1.165, 1.54) is 15.9 Å². The predicted octanol–water partition coefficient (Wildman–Crippen LogP) is 1.13. The number of primary amides is 1. The van der Waals surface area contributed by atoms with Crippen LogP contribution in [0.2, 0.25) is 0 Å². The maximum atomic E-state index is 12.5. The molecule has 3 rings (SSSR count). The molecule has 19 heavy (non-hydrogen) atoms. The lowest BCUT2D eigenvalue weighted by Crippen LogP contribution is -2.30. The molecule has 0 unspecified atom stereocenters. The Labute approximate surface area is 114 Å². The normalized spacial score (nSPS) is 14.6. The molecule has 1 amide bonds. The summed E-state index contributed by atoms with van der Waals surface area (Å²) in [5, 5.41) is 0.701. The number of nitrogens with zero attached hydrogens (tertiary/aromatic N) is 2. The summed E-state index contributed by atoms with van der Waals surface area (Å²) >= 11 is 1.62. The van der Waals surface area contributed by atoms with Crippen LogP contribution in [-0.4, -0.2) is 15.5 Å². The van der Waals surface area contributed by atoms with Crippen LogP contribution in [0, 0.1) is 6.92 Å². The molecule has 1 aliphatic carbocycles. The van der Waals surface area contributed by atoms with Crippen molar-refractivity contribution in [3.8, 4) is 0 Å². The molecule has 100 valence electrons. The molecule has 6 heteroatoms. The second-order valence-electron chi connectivity index (χ2n) is 4.91. The zero-order valence-electron chi connectivity index (χ0n) is 10.7. The third-order valence-corrected chi connectivity index (χ3v) is 4.77. The van der Waals surface area contributed by atoms with E-state index in [2.05, 4.69) is 4.98 Å². The summed E-state index contributed by atoms with van der Waals surface area (Å²) < 4.78 is 1.38. The molecule has 2 heterocycles. The second kappa shape index (κ2) is 4.45. The van der Waals surface area contributed by atoms with E-state index in [4.69, 9.17) is 5.73 Å². The lowest BCUT2D eigenvalue weighted by atomic mass is 9.97. The van der Waals surface area contributed by atoms with Crippen LogP contribution in [0.15, 0.2) is 4.79 Å². The van der Waals surface area contributed by atoms with Gasteiger partial charge in [-0.2, -0.15) is 0 Å². The van der Waals surface area contributed by atoms with Crippen molar-refractivity contribution in [2.45, 2.75) is 39.2 Å². The van der Waals surface area contributed by atoms with Crippen LogP contribution in [0.1, 0.15) is 29.1 Å². The molecular formula is C13H15N3O2S. The van der Waals surface area contributed by atoms with Gasteiger partial charge in [0.1, 0.15) is 17.2 Å².